The Labute approximate surface area is 87.9 Å². The first-order valence-electron chi connectivity index (χ1n) is 4.48. The summed E-state index contributed by atoms with van der Waals surface area (Å²) in [6.45, 7) is 3.58. The van der Waals surface area contributed by atoms with Gasteiger partial charge in [-0.15, -0.1) is 6.58 Å². The van der Waals surface area contributed by atoms with E-state index in [1.54, 1.807) is 17.8 Å². The molecule has 0 radical (unpaired) electrons. The molecule has 0 saturated carbocycles. The predicted molar refractivity (Wildman–Crippen MR) is 56.2 cm³/mol. The van der Waals surface area contributed by atoms with Gasteiger partial charge in [-0.3, -0.25) is 9.59 Å². The van der Waals surface area contributed by atoms with Crippen LogP contribution in [0, 0.1) is 5.41 Å². The van der Waals surface area contributed by atoms with E-state index in [2.05, 4.69) is 6.58 Å². The molecule has 0 aliphatic carbocycles. The zero-order chi connectivity index (χ0) is 10.6. The first kappa shape index (κ1) is 11.3. The molecule has 0 spiro atoms. The van der Waals surface area contributed by atoms with E-state index in [1.165, 1.54) is 7.11 Å². The van der Waals surface area contributed by atoms with Gasteiger partial charge >= 0.3 is 5.97 Å². The average molecular weight is 214 g/mol. The summed E-state index contributed by atoms with van der Waals surface area (Å²) in [5.74, 6) is 0.886. The number of methoxy groups -OCH3 is 1. The average Bonchev–Trinajstić information content (AvgIpc) is 2.20. The number of carbonyl (C=O) groups is 2. The Morgan fingerprint density at radius 3 is 3.00 bits per heavy atom. The second-order valence-corrected chi connectivity index (χ2v) is 4.40. The van der Waals surface area contributed by atoms with Crippen molar-refractivity contribution in [1.82, 2.24) is 0 Å². The fraction of sp³-hybridized carbons (Fsp3) is 0.600. The minimum Gasteiger partial charge on any atom is -0.468 e. The zero-order valence-electron chi connectivity index (χ0n) is 8.25. The van der Waals surface area contributed by atoms with Crippen LogP contribution in [0.5, 0.6) is 0 Å². The molecule has 3 nitrogen and oxygen atoms in total. The van der Waals surface area contributed by atoms with Crippen molar-refractivity contribution >= 4 is 23.5 Å². The maximum atomic E-state index is 11.7. The van der Waals surface area contributed by atoms with Gasteiger partial charge in [0, 0.05) is 17.9 Å². The van der Waals surface area contributed by atoms with Crippen LogP contribution in [0.1, 0.15) is 12.8 Å². The highest BCUT2D eigenvalue weighted by Crippen LogP contribution is 2.36. The second-order valence-electron chi connectivity index (χ2n) is 3.29. The third-order valence-electron chi connectivity index (χ3n) is 2.42. The molecule has 1 fully saturated rings. The lowest BCUT2D eigenvalue weighted by Gasteiger charge is -2.31. The molecule has 1 unspecified atom stereocenters. The molecule has 0 aromatic heterocycles. The number of ketones is 1. The number of thioether (sulfide) groups is 1. The lowest BCUT2D eigenvalue weighted by Crippen LogP contribution is -2.44. The minimum atomic E-state index is -0.959. The van der Waals surface area contributed by atoms with E-state index in [0.29, 0.717) is 18.6 Å². The number of ether oxygens (including phenoxy) is 1. The molecule has 0 bridgehead atoms. The topological polar surface area (TPSA) is 43.4 Å². The van der Waals surface area contributed by atoms with Crippen LogP contribution in [-0.4, -0.2) is 30.4 Å². The smallest absolute Gasteiger partial charge is 0.320 e. The van der Waals surface area contributed by atoms with Crippen molar-refractivity contribution in [3.8, 4) is 0 Å². The van der Waals surface area contributed by atoms with E-state index >= 15 is 0 Å². The third kappa shape index (κ3) is 1.85. The van der Waals surface area contributed by atoms with Crippen LogP contribution < -0.4 is 0 Å². The number of esters is 1. The van der Waals surface area contributed by atoms with Crippen LogP contribution in [0.25, 0.3) is 0 Å². The molecular formula is C10H14O3S. The highest BCUT2D eigenvalue weighted by atomic mass is 32.2. The largest absolute Gasteiger partial charge is 0.468 e. The van der Waals surface area contributed by atoms with E-state index in [4.69, 9.17) is 4.74 Å². The summed E-state index contributed by atoms with van der Waals surface area (Å²) in [5, 5.41) is 0. The van der Waals surface area contributed by atoms with Gasteiger partial charge < -0.3 is 4.74 Å². The van der Waals surface area contributed by atoms with Crippen LogP contribution in [-0.2, 0) is 14.3 Å². The lowest BCUT2D eigenvalue weighted by atomic mass is 9.80. The molecule has 78 valence electrons. The number of hydrogen-bond donors (Lipinski definition) is 0. The molecule has 0 aromatic carbocycles. The fourth-order valence-corrected chi connectivity index (χ4v) is 2.82. The normalized spacial score (nSPS) is 27.1. The summed E-state index contributed by atoms with van der Waals surface area (Å²) in [6.07, 6.45) is 2.44. The summed E-state index contributed by atoms with van der Waals surface area (Å²) < 4.78 is 4.70. The molecule has 14 heavy (non-hydrogen) atoms. The van der Waals surface area contributed by atoms with Gasteiger partial charge in [0.15, 0.2) is 5.78 Å². The molecule has 1 saturated heterocycles. The van der Waals surface area contributed by atoms with E-state index < -0.39 is 11.4 Å². The zero-order valence-corrected chi connectivity index (χ0v) is 9.06. The summed E-state index contributed by atoms with van der Waals surface area (Å²) in [7, 11) is 1.32. The molecule has 0 aromatic rings. The van der Waals surface area contributed by atoms with Crippen molar-refractivity contribution in [3.63, 3.8) is 0 Å². The highest BCUT2D eigenvalue weighted by molar-refractivity contribution is 7.99. The molecule has 1 aliphatic rings. The van der Waals surface area contributed by atoms with Gasteiger partial charge in [-0.2, -0.15) is 11.8 Å². The number of carbonyl (C=O) groups excluding carboxylic acids is 2. The molecule has 0 amide bonds. The van der Waals surface area contributed by atoms with Gasteiger partial charge in [0.25, 0.3) is 0 Å². The molecular weight excluding hydrogens is 200 g/mol. The first-order valence-corrected chi connectivity index (χ1v) is 5.63. The van der Waals surface area contributed by atoms with E-state index in [1.807, 2.05) is 0 Å². The van der Waals surface area contributed by atoms with E-state index in [-0.39, 0.29) is 5.78 Å². The third-order valence-corrected chi connectivity index (χ3v) is 3.61. The van der Waals surface area contributed by atoms with E-state index in [9.17, 15) is 9.59 Å². The summed E-state index contributed by atoms with van der Waals surface area (Å²) in [5.41, 5.74) is -0.959. The molecule has 4 heteroatoms. The van der Waals surface area contributed by atoms with Gasteiger partial charge in [0.05, 0.1) is 7.11 Å². The number of allylic oxidation sites excluding steroid dienone is 1. The minimum absolute atomic E-state index is 0.0111. The van der Waals surface area contributed by atoms with Gasteiger partial charge in [0.2, 0.25) is 0 Å². The standard InChI is InChI=1S/C10H14O3S/c1-3-5-10(9(12)13-2)7-14-6-4-8(10)11/h3H,1,4-7H2,2H3. The summed E-state index contributed by atoms with van der Waals surface area (Å²) >= 11 is 1.62. The lowest BCUT2D eigenvalue weighted by molar-refractivity contribution is -0.156. The number of rotatable bonds is 3. The Bertz CT molecular complexity index is 252. The first-order chi connectivity index (χ1) is 6.67. The van der Waals surface area contributed by atoms with Crippen LogP contribution in [0.4, 0.5) is 0 Å². The Hall–Kier alpha value is -0.770. The van der Waals surface area contributed by atoms with Gasteiger partial charge in [-0.05, 0) is 6.42 Å². The van der Waals surface area contributed by atoms with Crippen molar-refractivity contribution in [1.29, 1.82) is 0 Å². The predicted octanol–water partition coefficient (Wildman–Crippen LogP) is 1.43. The van der Waals surface area contributed by atoms with Gasteiger partial charge in [-0.1, -0.05) is 6.08 Å². The quantitative estimate of drug-likeness (QED) is 0.405. The van der Waals surface area contributed by atoms with Gasteiger partial charge in [0.1, 0.15) is 5.41 Å². The van der Waals surface area contributed by atoms with Crippen molar-refractivity contribution < 1.29 is 14.3 Å². The maximum absolute atomic E-state index is 11.7. The van der Waals surface area contributed by atoms with Crippen LogP contribution in [0.15, 0.2) is 12.7 Å². The molecule has 1 rings (SSSR count). The molecule has 1 heterocycles. The second kappa shape index (κ2) is 4.64. The van der Waals surface area contributed by atoms with Crippen LogP contribution >= 0.6 is 11.8 Å². The Morgan fingerprint density at radius 2 is 2.50 bits per heavy atom. The number of Topliss-reactive ketones (excluding diaryl/α,β-unsaturated/α-hetero) is 1. The SMILES string of the molecule is C=CCC1(C(=O)OC)CSCCC1=O. The van der Waals surface area contributed by atoms with Crippen molar-refractivity contribution in [3.05, 3.63) is 12.7 Å². The molecule has 1 aliphatic heterocycles. The Kier molecular flexibility index (Phi) is 3.75. The Morgan fingerprint density at radius 1 is 1.79 bits per heavy atom. The van der Waals surface area contributed by atoms with E-state index in [0.717, 1.165) is 5.75 Å². The van der Waals surface area contributed by atoms with Crippen molar-refractivity contribution in [2.45, 2.75) is 12.8 Å². The fourth-order valence-electron chi connectivity index (χ4n) is 1.60. The monoisotopic (exact) mass is 214 g/mol. The van der Waals surface area contributed by atoms with Gasteiger partial charge in [-0.25, -0.2) is 0 Å². The summed E-state index contributed by atoms with van der Waals surface area (Å²) in [4.78, 5) is 23.3. The van der Waals surface area contributed by atoms with Crippen molar-refractivity contribution in [2.75, 3.05) is 18.6 Å². The highest BCUT2D eigenvalue weighted by Gasteiger charge is 2.46. The molecule has 1 atom stereocenters. The number of hydrogen-bond acceptors (Lipinski definition) is 4. The van der Waals surface area contributed by atoms with Crippen LogP contribution in [0.2, 0.25) is 0 Å². The maximum Gasteiger partial charge on any atom is 0.320 e. The van der Waals surface area contributed by atoms with Crippen LogP contribution in [0.3, 0.4) is 0 Å². The summed E-state index contributed by atoms with van der Waals surface area (Å²) in [6, 6.07) is 0. The molecule has 0 N–H and O–H groups in total. The Balaban J connectivity index is 2.93. The van der Waals surface area contributed by atoms with Crippen molar-refractivity contribution in [2.24, 2.45) is 5.41 Å².